The number of hydrogen-bond acceptors (Lipinski definition) is 18. The van der Waals surface area contributed by atoms with Crippen LogP contribution in [0.25, 0.3) is 0 Å². The highest BCUT2D eigenvalue weighted by Gasteiger charge is 2.57. The lowest BCUT2D eigenvalue weighted by atomic mass is 9.96. The first-order chi connectivity index (χ1) is 23.2. The summed E-state index contributed by atoms with van der Waals surface area (Å²) in [5, 5.41) is 0. The van der Waals surface area contributed by atoms with Crippen molar-refractivity contribution in [2.24, 2.45) is 0 Å². The van der Waals surface area contributed by atoms with Gasteiger partial charge in [0.2, 0.25) is 0 Å². The van der Waals surface area contributed by atoms with E-state index in [0.29, 0.717) is 6.04 Å². The molecule has 0 aliphatic carbocycles. The number of carbonyl (C=O) groups excluding carboxylic acids is 7. The molecular weight excluding hydrogens is 688 g/mol. The zero-order valence-corrected chi connectivity index (χ0v) is 31.0. The Morgan fingerprint density at radius 1 is 0.480 bits per heavy atom. The minimum Gasteiger partial charge on any atom is -0.463 e. The molecule has 18 nitrogen and oxygen atoms in total. The van der Waals surface area contributed by atoms with Gasteiger partial charge < -0.3 is 52.1 Å². The topological polar surface area (TPSA) is 221 Å². The number of esters is 7. The molecular formula is C31H48O18Si. The van der Waals surface area contributed by atoms with Crippen molar-refractivity contribution in [2.45, 2.75) is 136 Å². The van der Waals surface area contributed by atoms with E-state index in [2.05, 4.69) is 19.6 Å². The Balaban J connectivity index is 2.71. The number of hydrogen-bond donors (Lipinski definition) is 0. The lowest BCUT2D eigenvalue weighted by molar-refractivity contribution is -0.360. The largest absolute Gasteiger partial charge is 0.463 e. The lowest BCUT2D eigenvalue weighted by Crippen LogP contribution is -2.67. The van der Waals surface area contributed by atoms with Gasteiger partial charge in [-0.3, -0.25) is 33.6 Å². The summed E-state index contributed by atoms with van der Waals surface area (Å²) in [6.45, 7) is 13.1. The molecule has 0 amide bonds. The Bertz CT molecular complexity index is 1230. The zero-order valence-electron chi connectivity index (χ0n) is 30.0. The molecule has 50 heavy (non-hydrogen) atoms. The Labute approximate surface area is 290 Å². The lowest BCUT2D eigenvalue weighted by Gasteiger charge is -2.48. The summed E-state index contributed by atoms with van der Waals surface area (Å²) in [5.41, 5.74) is 0. The molecule has 0 aromatic heterocycles. The summed E-state index contributed by atoms with van der Waals surface area (Å²) < 4.78 is 62.4. The van der Waals surface area contributed by atoms with Crippen molar-refractivity contribution >= 4 is 49.9 Å². The molecule has 0 N–H and O–H groups in total. The molecule has 0 saturated carbocycles. The number of rotatable bonds is 15. The van der Waals surface area contributed by atoms with Gasteiger partial charge >= 0.3 is 41.8 Å². The van der Waals surface area contributed by atoms with Gasteiger partial charge in [0, 0.05) is 63.1 Å². The van der Waals surface area contributed by atoms with Crippen LogP contribution < -0.4 is 0 Å². The van der Waals surface area contributed by atoms with Crippen molar-refractivity contribution in [3.05, 3.63) is 0 Å². The SMILES string of the molecule is CC(=O)OC[C@H]1O[C@@H](O[C@H]2[C@H](OC(C)=O)[C@@H](OC(C)=O)[C@@H](OCC[Si](C)(C)C)O[C@@H]2COC(C)=O)[C@H](OC(C)=O)[C@@H](OC(C)=O)[C@H]1OC(C)=O. The van der Waals surface area contributed by atoms with Crippen LogP contribution in [0.5, 0.6) is 0 Å². The molecule has 0 spiro atoms. The monoisotopic (exact) mass is 736 g/mol. The average Bonchev–Trinajstić information content (AvgIpc) is 2.95. The van der Waals surface area contributed by atoms with Gasteiger partial charge in [-0.05, 0) is 6.04 Å². The fraction of sp³-hybridized carbons (Fsp3) is 0.774. The van der Waals surface area contributed by atoms with Gasteiger partial charge in [0.15, 0.2) is 43.1 Å². The fourth-order valence-electron chi connectivity index (χ4n) is 5.09. The molecule has 2 saturated heterocycles. The van der Waals surface area contributed by atoms with Crippen LogP contribution in [0.3, 0.4) is 0 Å². The Morgan fingerprint density at radius 3 is 1.26 bits per heavy atom. The summed E-state index contributed by atoms with van der Waals surface area (Å²) >= 11 is 0. The van der Waals surface area contributed by atoms with Crippen LogP contribution in [0.4, 0.5) is 0 Å². The molecule has 0 bridgehead atoms. The molecule has 0 radical (unpaired) electrons. The van der Waals surface area contributed by atoms with Gasteiger partial charge in [-0.2, -0.15) is 0 Å². The average molecular weight is 737 g/mol. The first-order valence-electron chi connectivity index (χ1n) is 15.9. The molecule has 10 atom stereocenters. The predicted octanol–water partition coefficient (Wildman–Crippen LogP) is 0.961. The van der Waals surface area contributed by atoms with E-state index in [4.69, 9.17) is 52.1 Å². The quantitative estimate of drug-likeness (QED) is 0.130. The van der Waals surface area contributed by atoms with Gasteiger partial charge in [-0.25, -0.2) is 0 Å². The minimum atomic E-state index is -1.76. The summed E-state index contributed by atoms with van der Waals surface area (Å²) in [6, 6.07) is 0.678. The van der Waals surface area contributed by atoms with Crippen LogP contribution in [-0.4, -0.2) is 131 Å². The van der Waals surface area contributed by atoms with Crippen molar-refractivity contribution < 1.29 is 85.7 Å². The molecule has 2 heterocycles. The maximum Gasteiger partial charge on any atom is 0.303 e. The zero-order chi connectivity index (χ0) is 37.9. The maximum absolute atomic E-state index is 12.5. The summed E-state index contributed by atoms with van der Waals surface area (Å²) in [5.74, 6) is -5.69. The van der Waals surface area contributed by atoms with Gasteiger partial charge in [-0.15, -0.1) is 0 Å². The van der Waals surface area contributed by atoms with E-state index in [0.717, 1.165) is 48.5 Å². The van der Waals surface area contributed by atoms with Gasteiger partial charge in [0.1, 0.15) is 31.5 Å². The fourth-order valence-corrected chi connectivity index (χ4v) is 5.82. The van der Waals surface area contributed by atoms with E-state index in [9.17, 15) is 33.6 Å². The van der Waals surface area contributed by atoms with Crippen LogP contribution in [-0.2, 0) is 85.7 Å². The van der Waals surface area contributed by atoms with E-state index in [-0.39, 0.29) is 6.61 Å². The van der Waals surface area contributed by atoms with Gasteiger partial charge in [0.25, 0.3) is 0 Å². The van der Waals surface area contributed by atoms with Gasteiger partial charge in [-0.1, -0.05) is 19.6 Å². The standard InChI is InChI=1S/C31H48O18Si/c1-15(32)40-13-22-24(42-17(3)34)26(43-18(4)35)29(46-21(7)38)31(48-22)49-25-23(14-41-16(2)33)47-30(39-11-12-50(8,9)10)28(45-20(6)37)27(25)44-19(5)36/h22-31H,11-14H2,1-10H3/t22-,23-,24+,25-,26+,27+,28-,29-,30+,31+/m1/s1. The molecule has 2 rings (SSSR count). The predicted molar refractivity (Wildman–Crippen MR) is 167 cm³/mol. The second kappa shape index (κ2) is 19.1. The highest BCUT2D eigenvalue weighted by atomic mass is 28.3. The molecule has 2 fully saturated rings. The third-order valence-corrected chi connectivity index (χ3v) is 8.72. The molecule has 0 aromatic rings. The summed E-state index contributed by atoms with van der Waals surface area (Å²) in [6.07, 6.45) is -15.0. The summed E-state index contributed by atoms with van der Waals surface area (Å²) in [7, 11) is -1.63. The highest BCUT2D eigenvalue weighted by Crippen LogP contribution is 2.35. The van der Waals surface area contributed by atoms with E-state index >= 15 is 0 Å². The smallest absolute Gasteiger partial charge is 0.303 e. The van der Waals surface area contributed by atoms with E-state index in [1.54, 1.807) is 0 Å². The minimum absolute atomic E-state index is 0.177. The van der Waals surface area contributed by atoms with E-state index in [1.165, 1.54) is 0 Å². The molecule has 0 unspecified atom stereocenters. The van der Waals surface area contributed by atoms with Crippen LogP contribution in [0, 0.1) is 0 Å². The maximum atomic E-state index is 12.5. The third kappa shape index (κ3) is 13.9. The number of carbonyl (C=O) groups is 7. The number of ether oxygens (including phenoxy) is 11. The van der Waals surface area contributed by atoms with E-state index < -0.39 is 124 Å². The van der Waals surface area contributed by atoms with Crippen LogP contribution in [0.1, 0.15) is 48.5 Å². The third-order valence-electron chi connectivity index (χ3n) is 7.02. The van der Waals surface area contributed by atoms with Gasteiger partial charge in [0.05, 0.1) is 0 Å². The Morgan fingerprint density at radius 2 is 0.840 bits per heavy atom. The molecule has 0 aromatic carbocycles. The molecule has 284 valence electrons. The molecule has 2 aliphatic rings. The second-order valence-electron chi connectivity index (χ2n) is 12.8. The second-order valence-corrected chi connectivity index (χ2v) is 18.5. The van der Waals surface area contributed by atoms with Crippen molar-refractivity contribution in [1.82, 2.24) is 0 Å². The normalized spacial score (nSPS) is 29.5. The van der Waals surface area contributed by atoms with Crippen LogP contribution in [0.2, 0.25) is 25.7 Å². The van der Waals surface area contributed by atoms with Crippen molar-refractivity contribution in [3.8, 4) is 0 Å². The van der Waals surface area contributed by atoms with Crippen molar-refractivity contribution in [1.29, 1.82) is 0 Å². The van der Waals surface area contributed by atoms with Crippen LogP contribution in [0.15, 0.2) is 0 Å². The first kappa shape index (κ1) is 42.5. The van der Waals surface area contributed by atoms with Crippen LogP contribution >= 0.6 is 0 Å². The Hall–Kier alpha value is -3.65. The Kier molecular flexibility index (Phi) is 16.2. The van der Waals surface area contributed by atoms with Crippen molar-refractivity contribution in [2.75, 3.05) is 19.8 Å². The summed E-state index contributed by atoms with van der Waals surface area (Å²) in [4.78, 5) is 85.3. The van der Waals surface area contributed by atoms with E-state index in [1.807, 2.05) is 0 Å². The highest BCUT2D eigenvalue weighted by molar-refractivity contribution is 6.76. The first-order valence-corrected chi connectivity index (χ1v) is 19.6. The molecule has 19 heteroatoms. The van der Waals surface area contributed by atoms with Crippen molar-refractivity contribution in [3.63, 3.8) is 0 Å². The molecule has 2 aliphatic heterocycles.